The molecule has 2 rings (SSSR count). The van der Waals surface area contributed by atoms with Crippen LogP contribution in [0.4, 0.5) is 18.9 Å². The van der Waals surface area contributed by atoms with Crippen molar-refractivity contribution in [2.24, 2.45) is 0 Å². The van der Waals surface area contributed by atoms with E-state index in [9.17, 15) is 26.4 Å². The SMILES string of the molecule is Cc1ccc(Cl)cc1NS(=O)(=O)c1ccc(C(=O)NCC(F)(F)F)cc1. The summed E-state index contributed by atoms with van der Waals surface area (Å²) in [6.45, 7) is 0.226. The standard InChI is InChI=1S/C16H14ClF3N2O3S/c1-10-2-5-12(17)8-14(10)22-26(24,25)13-6-3-11(4-7-13)15(23)21-9-16(18,19)20/h2-8,22H,9H2,1H3,(H,21,23). The number of hydrogen-bond donors (Lipinski definition) is 2. The van der Waals surface area contributed by atoms with Gasteiger partial charge in [-0.25, -0.2) is 8.42 Å². The fraction of sp³-hybridized carbons (Fsp3) is 0.188. The van der Waals surface area contributed by atoms with Crippen molar-refractivity contribution in [2.45, 2.75) is 18.0 Å². The molecule has 0 unspecified atom stereocenters. The maximum Gasteiger partial charge on any atom is 0.405 e. The normalized spacial score (nSPS) is 11.9. The van der Waals surface area contributed by atoms with Gasteiger partial charge in [0.1, 0.15) is 6.54 Å². The van der Waals surface area contributed by atoms with Crippen LogP contribution >= 0.6 is 11.6 Å². The summed E-state index contributed by atoms with van der Waals surface area (Å²) in [6.07, 6.45) is -4.53. The van der Waals surface area contributed by atoms with E-state index in [1.54, 1.807) is 24.4 Å². The molecular formula is C16H14ClF3N2O3S. The van der Waals surface area contributed by atoms with E-state index in [1.807, 2.05) is 0 Å². The van der Waals surface area contributed by atoms with Crippen LogP contribution in [0.25, 0.3) is 0 Å². The molecule has 2 aromatic rings. The van der Waals surface area contributed by atoms with Crippen LogP contribution in [0.3, 0.4) is 0 Å². The first-order chi connectivity index (χ1) is 12.0. The van der Waals surface area contributed by atoms with E-state index >= 15 is 0 Å². The Kier molecular flexibility index (Phi) is 5.82. The highest BCUT2D eigenvalue weighted by Crippen LogP contribution is 2.23. The highest BCUT2D eigenvalue weighted by atomic mass is 35.5. The maximum absolute atomic E-state index is 12.4. The van der Waals surface area contributed by atoms with Gasteiger partial charge < -0.3 is 5.32 Å². The Hall–Kier alpha value is -2.26. The van der Waals surface area contributed by atoms with Crippen LogP contribution < -0.4 is 10.0 Å². The monoisotopic (exact) mass is 406 g/mol. The first kappa shape index (κ1) is 20.1. The van der Waals surface area contributed by atoms with Crippen LogP contribution in [0, 0.1) is 6.92 Å². The van der Waals surface area contributed by atoms with Gasteiger partial charge in [-0.15, -0.1) is 0 Å². The molecule has 0 aliphatic carbocycles. The Morgan fingerprint density at radius 3 is 2.31 bits per heavy atom. The van der Waals surface area contributed by atoms with Crippen molar-refractivity contribution in [2.75, 3.05) is 11.3 Å². The van der Waals surface area contributed by atoms with E-state index < -0.39 is 28.7 Å². The summed E-state index contributed by atoms with van der Waals surface area (Å²) in [5, 5.41) is 2.06. The number of rotatable bonds is 5. The molecule has 0 fully saturated rings. The smallest absolute Gasteiger partial charge is 0.343 e. The lowest BCUT2D eigenvalue weighted by Gasteiger charge is -2.12. The van der Waals surface area contributed by atoms with Crippen molar-refractivity contribution in [1.29, 1.82) is 0 Å². The second-order valence-electron chi connectivity index (χ2n) is 5.39. The average Bonchev–Trinajstić information content (AvgIpc) is 2.55. The number of nitrogens with one attached hydrogen (secondary N) is 2. The lowest BCUT2D eigenvalue weighted by Crippen LogP contribution is -2.33. The lowest BCUT2D eigenvalue weighted by molar-refractivity contribution is -0.123. The largest absolute Gasteiger partial charge is 0.405 e. The number of halogens is 4. The number of carbonyl (C=O) groups is 1. The Labute approximate surface area is 153 Å². The Bertz CT molecular complexity index is 913. The highest BCUT2D eigenvalue weighted by molar-refractivity contribution is 7.92. The minimum atomic E-state index is -4.53. The molecule has 26 heavy (non-hydrogen) atoms. The summed E-state index contributed by atoms with van der Waals surface area (Å²) in [5.41, 5.74) is 0.859. The Morgan fingerprint density at radius 1 is 1.12 bits per heavy atom. The summed E-state index contributed by atoms with van der Waals surface area (Å²) in [4.78, 5) is 11.5. The van der Waals surface area contributed by atoms with Crippen LogP contribution in [0.5, 0.6) is 0 Å². The van der Waals surface area contributed by atoms with Crippen molar-refractivity contribution in [1.82, 2.24) is 5.32 Å². The van der Waals surface area contributed by atoms with Crippen molar-refractivity contribution in [3.05, 3.63) is 58.6 Å². The van der Waals surface area contributed by atoms with E-state index in [-0.39, 0.29) is 10.5 Å². The van der Waals surface area contributed by atoms with Gasteiger partial charge in [-0.1, -0.05) is 17.7 Å². The first-order valence-electron chi connectivity index (χ1n) is 7.22. The fourth-order valence-electron chi connectivity index (χ4n) is 1.98. The topological polar surface area (TPSA) is 75.3 Å². The van der Waals surface area contributed by atoms with Gasteiger partial charge in [-0.3, -0.25) is 9.52 Å². The molecular weight excluding hydrogens is 393 g/mol. The number of carbonyl (C=O) groups excluding carboxylic acids is 1. The Balaban J connectivity index is 2.16. The molecule has 2 N–H and O–H groups in total. The number of amides is 1. The summed E-state index contributed by atoms with van der Waals surface area (Å²) in [6, 6.07) is 9.23. The molecule has 0 saturated carbocycles. The van der Waals surface area contributed by atoms with E-state index in [2.05, 4.69) is 4.72 Å². The second kappa shape index (κ2) is 7.55. The third kappa shape index (κ3) is 5.37. The third-order valence-electron chi connectivity index (χ3n) is 3.32. The molecule has 0 aliphatic rings. The molecule has 5 nitrogen and oxygen atoms in total. The fourth-order valence-corrected chi connectivity index (χ4v) is 3.27. The molecule has 0 atom stereocenters. The maximum atomic E-state index is 12.4. The van der Waals surface area contributed by atoms with Crippen molar-refractivity contribution < 1.29 is 26.4 Å². The van der Waals surface area contributed by atoms with Crippen LogP contribution in [0.2, 0.25) is 5.02 Å². The molecule has 2 aromatic carbocycles. The molecule has 0 spiro atoms. The molecule has 140 valence electrons. The summed E-state index contributed by atoms with van der Waals surface area (Å²) in [5.74, 6) is -0.954. The molecule has 0 aliphatic heterocycles. The molecule has 1 amide bonds. The summed E-state index contributed by atoms with van der Waals surface area (Å²) >= 11 is 5.85. The second-order valence-corrected chi connectivity index (χ2v) is 7.51. The number of sulfonamides is 1. The summed E-state index contributed by atoms with van der Waals surface area (Å²) in [7, 11) is -3.95. The zero-order valence-corrected chi connectivity index (χ0v) is 15.0. The van der Waals surface area contributed by atoms with Crippen LogP contribution in [-0.4, -0.2) is 27.0 Å². The molecule has 0 radical (unpaired) electrons. The molecule has 0 saturated heterocycles. The van der Waals surface area contributed by atoms with Crippen molar-refractivity contribution in [3.63, 3.8) is 0 Å². The third-order valence-corrected chi connectivity index (χ3v) is 4.94. The number of hydrogen-bond acceptors (Lipinski definition) is 3. The van der Waals surface area contributed by atoms with E-state index in [0.29, 0.717) is 16.3 Å². The minimum Gasteiger partial charge on any atom is -0.343 e. The van der Waals surface area contributed by atoms with E-state index in [4.69, 9.17) is 11.6 Å². The number of alkyl halides is 3. The molecule has 0 bridgehead atoms. The molecule has 0 heterocycles. The lowest BCUT2D eigenvalue weighted by atomic mass is 10.2. The Morgan fingerprint density at radius 2 is 1.73 bits per heavy atom. The van der Waals surface area contributed by atoms with Gasteiger partial charge >= 0.3 is 6.18 Å². The van der Waals surface area contributed by atoms with Crippen molar-refractivity contribution in [3.8, 4) is 0 Å². The minimum absolute atomic E-state index is 0.0906. The molecule has 10 heteroatoms. The van der Waals surface area contributed by atoms with Crippen LogP contribution in [0.15, 0.2) is 47.4 Å². The quantitative estimate of drug-likeness (QED) is 0.794. The van der Waals surface area contributed by atoms with Crippen LogP contribution in [0.1, 0.15) is 15.9 Å². The highest BCUT2D eigenvalue weighted by Gasteiger charge is 2.28. The summed E-state index contributed by atoms with van der Waals surface area (Å²) < 4.78 is 63.5. The van der Waals surface area contributed by atoms with Gasteiger partial charge in [-0.05, 0) is 48.9 Å². The van der Waals surface area contributed by atoms with Gasteiger partial charge in [0.2, 0.25) is 0 Å². The average molecular weight is 407 g/mol. The zero-order chi connectivity index (χ0) is 19.5. The number of aryl methyl sites for hydroxylation is 1. The number of anilines is 1. The van der Waals surface area contributed by atoms with Gasteiger partial charge in [0.25, 0.3) is 15.9 Å². The number of benzene rings is 2. The van der Waals surface area contributed by atoms with Gasteiger partial charge in [0.05, 0.1) is 10.6 Å². The predicted octanol–water partition coefficient (Wildman–Crippen LogP) is 3.74. The first-order valence-corrected chi connectivity index (χ1v) is 9.08. The van der Waals surface area contributed by atoms with E-state index in [1.165, 1.54) is 6.07 Å². The van der Waals surface area contributed by atoms with Crippen LogP contribution in [-0.2, 0) is 10.0 Å². The van der Waals surface area contributed by atoms with E-state index in [0.717, 1.165) is 24.3 Å². The van der Waals surface area contributed by atoms with Crippen molar-refractivity contribution >= 4 is 33.2 Å². The zero-order valence-electron chi connectivity index (χ0n) is 13.4. The van der Waals surface area contributed by atoms with Gasteiger partial charge in [-0.2, -0.15) is 13.2 Å². The van der Waals surface area contributed by atoms with Gasteiger partial charge in [0, 0.05) is 10.6 Å². The molecule has 0 aromatic heterocycles. The van der Waals surface area contributed by atoms with Gasteiger partial charge in [0.15, 0.2) is 0 Å². The predicted molar refractivity (Wildman–Crippen MR) is 91.8 cm³/mol.